The van der Waals surface area contributed by atoms with Crippen molar-refractivity contribution < 1.29 is 9.21 Å². The Hall–Kier alpha value is -3.15. The molecule has 0 spiro atoms. The van der Waals surface area contributed by atoms with E-state index in [4.69, 9.17) is 4.42 Å². The van der Waals surface area contributed by atoms with E-state index in [2.05, 4.69) is 15.6 Å². The van der Waals surface area contributed by atoms with Crippen molar-refractivity contribution in [1.29, 1.82) is 0 Å². The van der Waals surface area contributed by atoms with Crippen LogP contribution in [0.5, 0.6) is 0 Å². The molecule has 0 bridgehead atoms. The van der Waals surface area contributed by atoms with Crippen molar-refractivity contribution >= 4 is 27.9 Å². The Morgan fingerprint density at radius 1 is 1.21 bits per heavy atom. The molecular formula is C18H16N4O2. The van der Waals surface area contributed by atoms with Crippen LogP contribution in [-0.4, -0.2) is 20.9 Å². The molecule has 0 aliphatic carbocycles. The first-order valence-corrected chi connectivity index (χ1v) is 7.83. The Morgan fingerprint density at radius 2 is 2.08 bits per heavy atom. The van der Waals surface area contributed by atoms with Crippen LogP contribution in [0.25, 0.3) is 22.0 Å². The van der Waals surface area contributed by atoms with Crippen LogP contribution in [-0.2, 0) is 13.1 Å². The SMILES string of the molecule is CCn1nnc2cc(C(=O)NCc3cc4ccccc4o3)ccc21. The van der Waals surface area contributed by atoms with Gasteiger partial charge in [-0.2, -0.15) is 0 Å². The number of benzene rings is 2. The molecule has 0 fully saturated rings. The van der Waals surface area contributed by atoms with Crippen molar-refractivity contribution in [2.75, 3.05) is 0 Å². The van der Waals surface area contributed by atoms with Gasteiger partial charge in [0.15, 0.2) is 0 Å². The molecule has 6 nitrogen and oxygen atoms in total. The van der Waals surface area contributed by atoms with E-state index in [1.165, 1.54) is 0 Å². The molecule has 1 amide bonds. The zero-order valence-electron chi connectivity index (χ0n) is 13.2. The molecule has 2 aromatic carbocycles. The number of amides is 1. The van der Waals surface area contributed by atoms with Crippen LogP contribution in [0.15, 0.2) is 52.9 Å². The molecular weight excluding hydrogens is 304 g/mol. The second kappa shape index (κ2) is 5.81. The molecule has 0 saturated carbocycles. The minimum Gasteiger partial charge on any atom is -0.459 e. The summed E-state index contributed by atoms with van der Waals surface area (Å²) in [7, 11) is 0. The highest BCUT2D eigenvalue weighted by Gasteiger charge is 2.11. The number of carbonyl (C=O) groups is 1. The van der Waals surface area contributed by atoms with Gasteiger partial charge in [0.1, 0.15) is 16.9 Å². The van der Waals surface area contributed by atoms with Gasteiger partial charge in [-0.1, -0.05) is 23.4 Å². The summed E-state index contributed by atoms with van der Waals surface area (Å²) in [6.45, 7) is 3.09. The molecule has 0 saturated heterocycles. The number of furan rings is 1. The average molecular weight is 320 g/mol. The molecule has 2 aromatic heterocycles. The van der Waals surface area contributed by atoms with Gasteiger partial charge in [0.05, 0.1) is 12.1 Å². The topological polar surface area (TPSA) is 73.0 Å². The minimum absolute atomic E-state index is 0.164. The van der Waals surface area contributed by atoms with E-state index in [1.54, 1.807) is 16.8 Å². The first kappa shape index (κ1) is 14.4. The van der Waals surface area contributed by atoms with Gasteiger partial charge in [0, 0.05) is 17.5 Å². The number of rotatable bonds is 4. The summed E-state index contributed by atoms with van der Waals surface area (Å²) >= 11 is 0. The van der Waals surface area contributed by atoms with Crippen LogP contribution < -0.4 is 5.32 Å². The third-order valence-electron chi connectivity index (χ3n) is 3.98. The van der Waals surface area contributed by atoms with E-state index >= 15 is 0 Å². The molecule has 1 N–H and O–H groups in total. The third kappa shape index (κ3) is 2.52. The number of aryl methyl sites for hydroxylation is 1. The number of fused-ring (bicyclic) bond motifs is 2. The Balaban J connectivity index is 1.51. The molecule has 0 aliphatic rings. The van der Waals surface area contributed by atoms with Crippen LogP contribution >= 0.6 is 0 Å². The number of hydrogen-bond donors (Lipinski definition) is 1. The minimum atomic E-state index is -0.164. The average Bonchev–Trinajstić information content (AvgIpc) is 3.22. The predicted molar refractivity (Wildman–Crippen MR) is 90.6 cm³/mol. The number of aromatic nitrogens is 3. The van der Waals surface area contributed by atoms with Crippen molar-refractivity contribution in [3.8, 4) is 0 Å². The highest BCUT2D eigenvalue weighted by molar-refractivity contribution is 5.97. The lowest BCUT2D eigenvalue weighted by Gasteiger charge is -2.03. The molecule has 2 heterocycles. The number of nitrogens with one attached hydrogen (secondary N) is 1. The monoisotopic (exact) mass is 320 g/mol. The molecule has 120 valence electrons. The summed E-state index contributed by atoms with van der Waals surface area (Å²) in [5.41, 5.74) is 3.01. The van der Waals surface area contributed by atoms with E-state index in [0.717, 1.165) is 28.8 Å². The third-order valence-corrected chi connectivity index (χ3v) is 3.98. The summed E-state index contributed by atoms with van der Waals surface area (Å²) in [6, 6.07) is 15.1. The second-order valence-corrected chi connectivity index (χ2v) is 5.54. The van der Waals surface area contributed by atoms with Crippen molar-refractivity contribution in [1.82, 2.24) is 20.3 Å². The fourth-order valence-corrected chi connectivity index (χ4v) is 2.74. The maximum atomic E-state index is 12.3. The predicted octanol–water partition coefficient (Wildman–Crippen LogP) is 3.13. The summed E-state index contributed by atoms with van der Waals surface area (Å²) in [5.74, 6) is 0.561. The number of hydrogen-bond acceptors (Lipinski definition) is 4. The van der Waals surface area contributed by atoms with Crippen LogP contribution in [0.1, 0.15) is 23.0 Å². The number of carbonyl (C=O) groups excluding carboxylic acids is 1. The zero-order chi connectivity index (χ0) is 16.5. The van der Waals surface area contributed by atoms with E-state index in [0.29, 0.717) is 17.6 Å². The van der Waals surface area contributed by atoms with Gasteiger partial charge in [0.25, 0.3) is 5.91 Å². The first-order chi connectivity index (χ1) is 11.7. The van der Waals surface area contributed by atoms with Crippen LogP contribution in [0.4, 0.5) is 0 Å². The van der Waals surface area contributed by atoms with Crippen molar-refractivity contribution in [3.05, 3.63) is 59.9 Å². The van der Waals surface area contributed by atoms with Crippen molar-refractivity contribution in [2.45, 2.75) is 20.0 Å². The maximum Gasteiger partial charge on any atom is 0.251 e. The van der Waals surface area contributed by atoms with Crippen LogP contribution in [0.2, 0.25) is 0 Å². The van der Waals surface area contributed by atoms with Gasteiger partial charge in [-0.25, -0.2) is 4.68 Å². The molecule has 4 aromatic rings. The summed E-state index contributed by atoms with van der Waals surface area (Å²) < 4.78 is 7.50. The highest BCUT2D eigenvalue weighted by Crippen LogP contribution is 2.19. The van der Waals surface area contributed by atoms with E-state index in [1.807, 2.05) is 43.3 Å². The second-order valence-electron chi connectivity index (χ2n) is 5.54. The fourth-order valence-electron chi connectivity index (χ4n) is 2.74. The smallest absolute Gasteiger partial charge is 0.251 e. The van der Waals surface area contributed by atoms with Crippen molar-refractivity contribution in [2.24, 2.45) is 0 Å². The van der Waals surface area contributed by atoms with E-state index in [-0.39, 0.29) is 5.91 Å². The normalized spacial score (nSPS) is 11.2. The molecule has 6 heteroatoms. The van der Waals surface area contributed by atoms with Gasteiger partial charge < -0.3 is 9.73 Å². The Morgan fingerprint density at radius 3 is 2.92 bits per heavy atom. The molecule has 0 atom stereocenters. The van der Waals surface area contributed by atoms with E-state index < -0.39 is 0 Å². The fraction of sp³-hybridized carbons (Fsp3) is 0.167. The van der Waals surface area contributed by atoms with E-state index in [9.17, 15) is 4.79 Å². The largest absolute Gasteiger partial charge is 0.459 e. The van der Waals surface area contributed by atoms with Crippen LogP contribution in [0.3, 0.4) is 0 Å². The lowest BCUT2D eigenvalue weighted by Crippen LogP contribution is -2.22. The summed E-state index contributed by atoms with van der Waals surface area (Å²) in [6.07, 6.45) is 0. The van der Waals surface area contributed by atoms with Gasteiger partial charge in [-0.15, -0.1) is 5.10 Å². The molecule has 4 rings (SSSR count). The standard InChI is InChI=1S/C18H16N4O2/c1-2-22-16-8-7-13(10-15(16)20-21-22)18(23)19-11-14-9-12-5-3-4-6-17(12)24-14/h3-10H,2,11H2,1H3,(H,19,23). The Labute approximate surface area is 138 Å². The number of para-hydroxylation sites is 1. The maximum absolute atomic E-state index is 12.3. The van der Waals surface area contributed by atoms with Gasteiger partial charge in [0.2, 0.25) is 0 Å². The van der Waals surface area contributed by atoms with Crippen LogP contribution in [0, 0.1) is 0 Å². The summed E-state index contributed by atoms with van der Waals surface area (Å²) in [4.78, 5) is 12.3. The zero-order valence-corrected chi connectivity index (χ0v) is 13.2. The van der Waals surface area contributed by atoms with Gasteiger partial charge in [-0.3, -0.25) is 4.79 Å². The molecule has 24 heavy (non-hydrogen) atoms. The highest BCUT2D eigenvalue weighted by atomic mass is 16.3. The molecule has 0 radical (unpaired) electrons. The Bertz CT molecular complexity index is 999. The summed E-state index contributed by atoms with van der Waals surface area (Å²) in [5, 5.41) is 12.0. The van der Waals surface area contributed by atoms with Gasteiger partial charge in [-0.05, 0) is 37.3 Å². The lowest BCUT2D eigenvalue weighted by atomic mass is 10.2. The van der Waals surface area contributed by atoms with Gasteiger partial charge >= 0.3 is 0 Å². The Kier molecular flexibility index (Phi) is 3.49. The quantitative estimate of drug-likeness (QED) is 0.627. The number of nitrogens with zero attached hydrogens (tertiary/aromatic N) is 3. The lowest BCUT2D eigenvalue weighted by molar-refractivity contribution is 0.0948. The van der Waals surface area contributed by atoms with Crippen molar-refractivity contribution in [3.63, 3.8) is 0 Å². The first-order valence-electron chi connectivity index (χ1n) is 7.83. The molecule has 0 aliphatic heterocycles. The molecule has 0 unspecified atom stereocenters.